The fourth-order valence-corrected chi connectivity index (χ4v) is 3.03. The lowest BCUT2D eigenvalue weighted by Crippen LogP contribution is -2.41. The number of hydrogen-bond acceptors (Lipinski definition) is 1. The molecule has 0 aromatic rings. The quantitative estimate of drug-likeness (QED) is 0.670. The summed E-state index contributed by atoms with van der Waals surface area (Å²) in [7, 11) is 0. The average molecular weight is 270 g/mol. The summed E-state index contributed by atoms with van der Waals surface area (Å²) in [4.78, 5) is 13.3. The fourth-order valence-electron chi connectivity index (χ4n) is 2.75. The van der Waals surface area contributed by atoms with E-state index in [4.69, 9.17) is 11.6 Å². The predicted molar refractivity (Wildman–Crippen MR) is 57.8 cm³/mol. The average Bonchev–Trinajstić information content (AvgIpc) is 2.57. The summed E-state index contributed by atoms with van der Waals surface area (Å²) in [5, 5.41) is -0.178. The van der Waals surface area contributed by atoms with Crippen molar-refractivity contribution in [3.8, 4) is 0 Å². The van der Waals surface area contributed by atoms with E-state index < -0.39 is 12.1 Å². The van der Waals surface area contributed by atoms with Gasteiger partial charge in [0.15, 0.2) is 0 Å². The maximum atomic E-state index is 12.5. The van der Waals surface area contributed by atoms with Crippen LogP contribution in [-0.2, 0) is 4.79 Å². The molecule has 0 radical (unpaired) electrons. The molecule has 1 atom stereocenters. The van der Waals surface area contributed by atoms with Crippen LogP contribution in [-0.4, -0.2) is 34.9 Å². The summed E-state index contributed by atoms with van der Waals surface area (Å²) in [5.74, 6) is -1.20. The molecule has 0 N–H and O–H groups in total. The second-order valence-corrected chi connectivity index (χ2v) is 5.51. The van der Waals surface area contributed by atoms with Gasteiger partial charge in [-0.25, -0.2) is 0 Å². The number of hydrogen-bond donors (Lipinski definition) is 0. The lowest BCUT2D eigenvalue weighted by atomic mass is 9.85. The Morgan fingerprint density at radius 2 is 1.76 bits per heavy atom. The van der Waals surface area contributed by atoms with Gasteiger partial charge < -0.3 is 4.90 Å². The predicted octanol–water partition coefficient (Wildman–Crippen LogP) is 2.95. The van der Waals surface area contributed by atoms with E-state index in [1.165, 1.54) is 0 Å². The van der Waals surface area contributed by atoms with E-state index in [9.17, 15) is 18.0 Å². The molecule has 2 fully saturated rings. The third kappa shape index (κ3) is 2.87. The molecule has 17 heavy (non-hydrogen) atoms. The molecule has 0 bridgehead atoms. The first-order valence-corrected chi connectivity index (χ1v) is 6.32. The zero-order chi connectivity index (χ0) is 12.6. The van der Waals surface area contributed by atoms with Crippen LogP contribution in [0.4, 0.5) is 13.2 Å². The molecule has 1 saturated carbocycles. The van der Waals surface area contributed by atoms with E-state index in [2.05, 4.69) is 0 Å². The number of halogens is 4. The summed E-state index contributed by atoms with van der Waals surface area (Å²) in [6.45, 7) is 0.488. The van der Waals surface area contributed by atoms with Crippen LogP contribution < -0.4 is 0 Å². The molecule has 1 heterocycles. The SMILES string of the molecule is O=C1CC(Cl)CN1C1CCC(C(F)(F)F)CC1. The number of likely N-dealkylation sites (tertiary alicyclic amines) is 1. The highest BCUT2D eigenvalue weighted by Crippen LogP contribution is 2.39. The number of carbonyl (C=O) groups excluding carboxylic acids is 1. The van der Waals surface area contributed by atoms with E-state index in [0.717, 1.165) is 0 Å². The summed E-state index contributed by atoms with van der Waals surface area (Å²) >= 11 is 5.88. The molecule has 0 aromatic heterocycles. The number of amides is 1. The molecule has 1 aliphatic heterocycles. The van der Waals surface area contributed by atoms with Crippen molar-refractivity contribution in [2.24, 2.45) is 5.92 Å². The van der Waals surface area contributed by atoms with Gasteiger partial charge in [-0.2, -0.15) is 13.2 Å². The van der Waals surface area contributed by atoms with Gasteiger partial charge in [-0.05, 0) is 25.7 Å². The summed E-state index contributed by atoms with van der Waals surface area (Å²) < 4.78 is 37.4. The molecule has 6 heteroatoms. The van der Waals surface area contributed by atoms with Gasteiger partial charge in [-0.1, -0.05) is 0 Å². The molecular formula is C11H15ClF3NO. The Hall–Kier alpha value is -0.450. The molecule has 98 valence electrons. The van der Waals surface area contributed by atoms with Crippen molar-refractivity contribution in [1.82, 2.24) is 4.90 Å². The summed E-state index contributed by atoms with van der Waals surface area (Å²) in [5.41, 5.74) is 0. The maximum Gasteiger partial charge on any atom is 0.391 e. The minimum absolute atomic E-state index is 0.0135. The molecule has 2 aliphatic rings. The molecule has 1 amide bonds. The molecule has 1 saturated heterocycles. The van der Waals surface area contributed by atoms with E-state index in [1.807, 2.05) is 0 Å². The van der Waals surface area contributed by atoms with Crippen LogP contribution in [0.15, 0.2) is 0 Å². The number of carbonyl (C=O) groups is 1. The standard InChI is InChI=1S/C11H15ClF3NO/c12-8-5-10(17)16(6-8)9-3-1-7(2-4-9)11(13,14)15/h7-9H,1-6H2. The largest absolute Gasteiger partial charge is 0.391 e. The number of alkyl halides is 4. The lowest BCUT2D eigenvalue weighted by Gasteiger charge is -2.35. The smallest absolute Gasteiger partial charge is 0.338 e. The third-order valence-corrected chi connectivity index (χ3v) is 4.00. The van der Waals surface area contributed by atoms with Crippen molar-refractivity contribution in [1.29, 1.82) is 0 Å². The van der Waals surface area contributed by atoms with Crippen LogP contribution in [0.3, 0.4) is 0 Å². The van der Waals surface area contributed by atoms with E-state index in [-0.39, 0.29) is 30.2 Å². The molecule has 2 nitrogen and oxygen atoms in total. The van der Waals surface area contributed by atoms with Crippen LogP contribution in [0, 0.1) is 5.92 Å². The molecule has 0 aromatic carbocycles. The van der Waals surface area contributed by atoms with Gasteiger partial charge in [-0.3, -0.25) is 4.79 Å². The minimum Gasteiger partial charge on any atom is -0.338 e. The van der Waals surface area contributed by atoms with E-state index in [1.54, 1.807) is 4.90 Å². The van der Waals surface area contributed by atoms with Gasteiger partial charge in [0.1, 0.15) is 0 Å². The molecule has 1 unspecified atom stereocenters. The Morgan fingerprint density at radius 1 is 1.18 bits per heavy atom. The summed E-state index contributed by atoms with van der Waals surface area (Å²) in [6.07, 6.45) is -2.62. The molecule has 1 aliphatic carbocycles. The number of rotatable bonds is 1. The van der Waals surface area contributed by atoms with Crippen molar-refractivity contribution in [3.63, 3.8) is 0 Å². The maximum absolute atomic E-state index is 12.5. The Balaban J connectivity index is 1.89. The topological polar surface area (TPSA) is 20.3 Å². The number of nitrogens with zero attached hydrogens (tertiary/aromatic N) is 1. The fraction of sp³-hybridized carbons (Fsp3) is 0.909. The second-order valence-electron chi connectivity index (χ2n) is 4.89. The van der Waals surface area contributed by atoms with Gasteiger partial charge in [0.25, 0.3) is 0 Å². The normalized spacial score (nSPS) is 35.4. The Bertz CT molecular complexity index is 300. The van der Waals surface area contributed by atoms with Gasteiger partial charge in [0.2, 0.25) is 5.91 Å². The first-order valence-electron chi connectivity index (χ1n) is 5.88. The Morgan fingerprint density at radius 3 is 2.18 bits per heavy atom. The van der Waals surface area contributed by atoms with Crippen LogP contribution >= 0.6 is 11.6 Å². The zero-order valence-electron chi connectivity index (χ0n) is 9.34. The summed E-state index contributed by atoms with van der Waals surface area (Å²) in [6, 6.07) is -0.0372. The molecule has 2 rings (SSSR count). The van der Waals surface area contributed by atoms with Crippen molar-refractivity contribution in [2.45, 2.75) is 49.7 Å². The highest BCUT2D eigenvalue weighted by molar-refractivity contribution is 6.22. The second kappa shape index (κ2) is 4.67. The van der Waals surface area contributed by atoms with Gasteiger partial charge in [-0.15, -0.1) is 11.6 Å². The van der Waals surface area contributed by atoms with Crippen LogP contribution in [0.2, 0.25) is 0 Å². The Kier molecular flexibility index (Phi) is 3.57. The van der Waals surface area contributed by atoms with Gasteiger partial charge in [0.05, 0.1) is 11.3 Å². The van der Waals surface area contributed by atoms with Crippen LogP contribution in [0.5, 0.6) is 0 Å². The van der Waals surface area contributed by atoms with Crippen molar-refractivity contribution in [2.75, 3.05) is 6.54 Å². The third-order valence-electron chi connectivity index (χ3n) is 3.71. The lowest BCUT2D eigenvalue weighted by molar-refractivity contribution is -0.184. The highest BCUT2D eigenvalue weighted by atomic mass is 35.5. The van der Waals surface area contributed by atoms with Crippen molar-refractivity contribution >= 4 is 17.5 Å². The first-order chi connectivity index (χ1) is 7.88. The first kappa shape index (κ1) is 13.0. The Labute approximate surface area is 103 Å². The van der Waals surface area contributed by atoms with E-state index in [0.29, 0.717) is 25.8 Å². The van der Waals surface area contributed by atoms with Crippen LogP contribution in [0.25, 0.3) is 0 Å². The van der Waals surface area contributed by atoms with Crippen molar-refractivity contribution < 1.29 is 18.0 Å². The van der Waals surface area contributed by atoms with Gasteiger partial charge >= 0.3 is 6.18 Å². The van der Waals surface area contributed by atoms with Crippen LogP contribution in [0.1, 0.15) is 32.1 Å². The minimum atomic E-state index is -4.09. The molecule has 0 spiro atoms. The highest BCUT2D eigenvalue weighted by Gasteiger charge is 2.43. The van der Waals surface area contributed by atoms with Gasteiger partial charge in [0, 0.05) is 19.0 Å². The van der Waals surface area contributed by atoms with Crippen molar-refractivity contribution in [3.05, 3.63) is 0 Å². The monoisotopic (exact) mass is 269 g/mol. The molecular weight excluding hydrogens is 255 g/mol. The van der Waals surface area contributed by atoms with E-state index >= 15 is 0 Å². The zero-order valence-corrected chi connectivity index (χ0v) is 10.1.